The molecule has 12 heavy (non-hydrogen) atoms. The maximum Gasteiger partial charge on any atom is 1.00 e. The van der Waals surface area contributed by atoms with Crippen molar-refractivity contribution in [3.05, 3.63) is 0 Å². The van der Waals surface area contributed by atoms with Crippen LogP contribution in [0.1, 0.15) is 12.8 Å². The summed E-state index contributed by atoms with van der Waals surface area (Å²) in [7, 11) is 0. The van der Waals surface area contributed by atoms with Gasteiger partial charge in [0, 0.05) is 12.5 Å². The third-order valence-corrected chi connectivity index (χ3v) is 0.972. The van der Waals surface area contributed by atoms with E-state index >= 15 is 0 Å². The Labute approximate surface area is 79.5 Å². The van der Waals surface area contributed by atoms with E-state index in [-0.39, 0.29) is 35.4 Å². The molecule has 0 saturated heterocycles. The van der Waals surface area contributed by atoms with Crippen LogP contribution in [0.5, 0.6) is 0 Å². The Morgan fingerprint density at radius 2 is 1.92 bits per heavy atom. The number of carboxylic acids is 2. The molecule has 0 aliphatic heterocycles. The summed E-state index contributed by atoms with van der Waals surface area (Å²) in [4.78, 5) is 19.7. The number of hydrogen-bond acceptors (Lipinski definition) is 4. The third-order valence-electron chi connectivity index (χ3n) is 0.972. The number of carbonyl (C=O) groups excluding carboxylic acids is 1. The fourth-order valence-electron chi connectivity index (χ4n) is 0.397. The van der Waals surface area contributed by atoms with Crippen molar-refractivity contribution in [3.63, 3.8) is 0 Å². The normalized spacial score (nSPS) is 10.4. The maximum absolute atomic E-state index is 9.88. The zero-order valence-electron chi connectivity index (χ0n) is 6.04. The molecule has 6 nitrogen and oxygen atoms in total. The van der Waals surface area contributed by atoms with Crippen LogP contribution in [0.15, 0.2) is 0 Å². The first kappa shape index (κ1) is 17.5. The Hall–Kier alpha value is -0.621. The van der Waals surface area contributed by atoms with Crippen LogP contribution < -0.4 is 10.8 Å². The van der Waals surface area contributed by atoms with E-state index < -0.39 is 18.0 Å². The van der Waals surface area contributed by atoms with Crippen molar-refractivity contribution in [2.45, 2.75) is 18.9 Å². The van der Waals surface area contributed by atoms with Crippen molar-refractivity contribution in [2.24, 2.45) is 5.73 Å². The maximum atomic E-state index is 9.88. The number of hydrogen-bond donors (Lipinski definition) is 2. The second-order valence-electron chi connectivity index (χ2n) is 1.86. The molecule has 0 aliphatic rings. The molecule has 0 bridgehead atoms. The average Bonchev–Trinajstić information content (AvgIpc) is 1.82. The standard InChI is InChI=1S/C5H9NO4.Cu.H2O/c6-3(5(9)10)1-2-4(7)8;;/h3H,1-2,6H2,(H,7,8)(H,9,10);;1H2/q;+1;/p-1/t3-;;/m0../s1. The summed E-state index contributed by atoms with van der Waals surface area (Å²) in [5, 5.41) is 18.0. The summed E-state index contributed by atoms with van der Waals surface area (Å²) in [6.07, 6.45) is -0.327. The van der Waals surface area contributed by atoms with Crippen LogP contribution in [0.2, 0.25) is 0 Å². The molecule has 0 fully saturated rings. The van der Waals surface area contributed by atoms with Crippen LogP contribution in [-0.2, 0) is 26.7 Å². The van der Waals surface area contributed by atoms with Gasteiger partial charge < -0.3 is 26.2 Å². The Morgan fingerprint density at radius 3 is 2.17 bits per heavy atom. The molecule has 0 saturated carbocycles. The van der Waals surface area contributed by atoms with E-state index in [9.17, 15) is 14.7 Å². The van der Waals surface area contributed by atoms with Gasteiger partial charge in [-0.2, -0.15) is 0 Å². The quantitative estimate of drug-likeness (QED) is 0.497. The second-order valence-corrected chi connectivity index (χ2v) is 1.86. The molecule has 0 heterocycles. The molecule has 0 rings (SSSR count). The molecule has 5 N–H and O–H groups in total. The molecule has 0 amide bonds. The van der Waals surface area contributed by atoms with Crippen molar-refractivity contribution in [1.82, 2.24) is 0 Å². The van der Waals surface area contributed by atoms with Crippen LogP contribution in [0.25, 0.3) is 0 Å². The van der Waals surface area contributed by atoms with Crippen molar-refractivity contribution >= 4 is 11.9 Å². The van der Waals surface area contributed by atoms with E-state index in [0.29, 0.717) is 0 Å². The molecular formula is C5H10CuNO5. The van der Waals surface area contributed by atoms with Crippen molar-refractivity contribution < 1.29 is 42.3 Å². The van der Waals surface area contributed by atoms with E-state index in [1.54, 1.807) is 0 Å². The monoisotopic (exact) mass is 227 g/mol. The number of rotatable bonds is 4. The summed E-state index contributed by atoms with van der Waals surface area (Å²) in [6.45, 7) is 0. The van der Waals surface area contributed by atoms with Crippen molar-refractivity contribution in [3.8, 4) is 0 Å². The second kappa shape index (κ2) is 8.48. The van der Waals surface area contributed by atoms with Gasteiger partial charge in [-0.05, 0) is 6.42 Å². The molecule has 0 radical (unpaired) electrons. The van der Waals surface area contributed by atoms with E-state index in [1.165, 1.54) is 0 Å². The first-order chi connectivity index (χ1) is 4.54. The smallest absolute Gasteiger partial charge is 0.548 e. The van der Waals surface area contributed by atoms with Gasteiger partial charge in [-0.3, -0.25) is 4.79 Å². The number of nitrogens with two attached hydrogens (primary N) is 1. The van der Waals surface area contributed by atoms with Gasteiger partial charge in [0.2, 0.25) is 0 Å². The average molecular weight is 228 g/mol. The van der Waals surface area contributed by atoms with Crippen LogP contribution in [0, 0.1) is 0 Å². The molecule has 7 heteroatoms. The molecule has 0 unspecified atom stereocenters. The Morgan fingerprint density at radius 1 is 1.50 bits per heavy atom. The molecular weight excluding hydrogens is 218 g/mol. The SMILES string of the molecule is N[C@@H](CCC(=O)O)C(=O)[O-].O.[Cu+]. The Balaban J connectivity index is -0.000000405. The van der Waals surface area contributed by atoms with Gasteiger partial charge in [0.25, 0.3) is 0 Å². The molecule has 0 aromatic rings. The largest absolute Gasteiger partial charge is 1.00 e. The van der Waals surface area contributed by atoms with Gasteiger partial charge in [0.05, 0.1) is 5.97 Å². The van der Waals surface area contributed by atoms with Crippen LogP contribution >= 0.6 is 0 Å². The third kappa shape index (κ3) is 9.38. The molecule has 0 aliphatic carbocycles. The fourth-order valence-corrected chi connectivity index (χ4v) is 0.397. The zero-order valence-corrected chi connectivity index (χ0v) is 6.98. The molecule has 76 valence electrons. The summed E-state index contributed by atoms with van der Waals surface area (Å²) >= 11 is 0. The van der Waals surface area contributed by atoms with Gasteiger partial charge in [0.1, 0.15) is 0 Å². The summed E-state index contributed by atoms with van der Waals surface area (Å²) in [5.74, 6) is -2.47. The van der Waals surface area contributed by atoms with Gasteiger partial charge in [-0.25, -0.2) is 0 Å². The van der Waals surface area contributed by atoms with Gasteiger partial charge in [-0.15, -0.1) is 0 Å². The van der Waals surface area contributed by atoms with E-state index in [4.69, 9.17) is 10.8 Å². The molecule has 0 aromatic heterocycles. The summed E-state index contributed by atoms with van der Waals surface area (Å²) < 4.78 is 0. The molecule has 0 aromatic carbocycles. The number of carbonyl (C=O) groups is 2. The minimum Gasteiger partial charge on any atom is -0.548 e. The minimum absolute atomic E-state index is 0. The predicted molar refractivity (Wildman–Crippen MR) is 33.5 cm³/mol. The summed E-state index contributed by atoms with van der Waals surface area (Å²) in [5.41, 5.74) is 4.94. The predicted octanol–water partition coefficient (Wildman–Crippen LogP) is -2.90. The topological polar surface area (TPSA) is 135 Å². The van der Waals surface area contributed by atoms with E-state index in [1.807, 2.05) is 0 Å². The molecule has 0 spiro atoms. The van der Waals surface area contributed by atoms with Gasteiger partial charge >= 0.3 is 23.0 Å². The number of aliphatic carboxylic acids is 2. The van der Waals surface area contributed by atoms with Crippen LogP contribution in [0.3, 0.4) is 0 Å². The Bertz CT molecular complexity index is 151. The Kier molecular flexibility index (Phi) is 12.3. The van der Waals surface area contributed by atoms with Crippen LogP contribution in [0.4, 0.5) is 0 Å². The first-order valence-electron chi connectivity index (χ1n) is 2.72. The first-order valence-corrected chi connectivity index (χ1v) is 2.72. The minimum atomic E-state index is -1.42. The van der Waals surface area contributed by atoms with Crippen molar-refractivity contribution in [1.29, 1.82) is 0 Å². The van der Waals surface area contributed by atoms with Gasteiger partial charge in [-0.1, -0.05) is 0 Å². The number of carboxylic acid groups (broad SMARTS) is 2. The van der Waals surface area contributed by atoms with E-state index in [2.05, 4.69) is 0 Å². The van der Waals surface area contributed by atoms with Crippen molar-refractivity contribution in [2.75, 3.05) is 0 Å². The summed E-state index contributed by atoms with van der Waals surface area (Å²) in [6, 6.07) is -1.17. The zero-order chi connectivity index (χ0) is 8.15. The molecule has 1 atom stereocenters. The van der Waals surface area contributed by atoms with E-state index in [0.717, 1.165) is 0 Å². The van der Waals surface area contributed by atoms with Crippen LogP contribution in [-0.4, -0.2) is 28.6 Å². The van der Waals surface area contributed by atoms with Gasteiger partial charge in [0.15, 0.2) is 0 Å². The fraction of sp³-hybridized carbons (Fsp3) is 0.600.